The van der Waals surface area contributed by atoms with Crippen molar-refractivity contribution in [1.82, 2.24) is 0 Å². The minimum Gasteiger partial charge on any atom is -0.0988 e. The van der Waals surface area contributed by atoms with Crippen LogP contribution >= 0.6 is 0 Å². The van der Waals surface area contributed by atoms with Crippen LogP contribution in [0.25, 0.3) is 0 Å². The first-order chi connectivity index (χ1) is 4.31. The van der Waals surface area contributed by atoms with Crippen LogP contribution in [-0.4, -0.2) is 0 Å². The third kappa shape index (κ3) is 5.09. The Kier molecular flexibility index (Phi) is 4.89. The summed E-state index contributed by atoms with van der Waals surface area (Å²) in [7, 11) is 0. The van der Waals surface area contributed by atoms with Crippen LogP contribution in [-0.2, 0) is 0 Å². The van der Waals surface area contributed by atoms with Gasteiger partial charge in [-0.05, 0) is 13.3 Å². The van der Waals surface area contributed by atoms with Gasteiger partial charge in [-0.1, -0.05) is 43.4 Å². The van der Waals surface area contributed by atoms with E-state index in [9.17, 15) is 0 Å². The Morgan fingerprint density at radius 1 is 1.56 bits per heavy atom. The van der Waals surface area contributed by atoms with Gasteiger partial charge in [0.05, 0.1) is 0 Å². The van der Waals surface area contributed by atoms with Crippen LogP contribution in [0.3, 0.4) is 0 Å². The molecule has 0 heterocycles. The molecule has 0 unspecified atom stereocenters. The van der Waals surface area contributed by atoms with Crippen LogP contribution in [0.15, 0.2) is 36.5 Å². The topological polar surface area (TPSA) is 0 Å². The first kappa shape index (κ1) is 8.22. The maximum absolute atomic E-state index is 3.64. The highest BCUT2D eigenvalue weighted by molar-refractivity contribution is 5.19. The third-order valence-electron chi connectivity index (χ3n) is 1.05. The molecule has 0 saturated carbocycles. The zero-order valence-electron chi connectivity index (χ0n) is 6.22. The molecule has 0 atom stereocenters. The monoisotopic (exact) mass is 122 g/mol. The average molecular weight is 122 g/mol. The summed E-state index contributed by atoms with van der Waals surface area (Å²) in [6, 6.07) is 0. The molecule has 0 heteroatoms. The standard InChI is InChI=1S/C9H14/c1-4-6-7-8-9(3)5-2/h5-8H,2,4H2,1,3H3/b7-6+,9-8-. The van der Waals surface area contributed by atoms with E-state index in [-0.39, 0.29) is 0 Å². The summed E-state index contributed by atoms with van der Waals surface area (Å²) in [4.78, 5) is 0. The molecule has 0 rings (SSSR count). The van der Waals surface area contributed by atoms with Crippen LogP contribution in [0, 0.1) is 0 Å². The van der Waals surface area contributed by atoms with Gasteiger partial charge >= 0.3 is 0 Å². The van der Waals surface area contributed by atoms with Crippen molar-refractivity contribution in [3.8, 4) is 0 Å². The predicted octanol–water partition coefficient (Wildman–Crippen LogP) is 3.08. The summed E-state index contributed by atoms with van der Waals surface area (Å²) < 4.78 is 0. The van der Waals surface area contributed by atoms with E-state index in [2.05, 4.69) is 31.7 Å². The van der Waals surface area contributed by atoms with Gasteiger partial charge in [0.15, 0.2) is 0 Å². The molecule has 0 aromatic carbocycles. The fourth-order valence-corrected chi connectivity index (χ4v) is 0.424. The molecule has 0 spiro atoms. The number of hydrogen-bond donors (Lipinski definition) is 0. The van der Waals surface area contributed by atoms with Gasteiger partial charge in [-0.25, -0.2) is 0 Å². The Labute approximate surface area is 57.6 Å². The maximum atomic E-state index is 3.64. The average Bonchev–Trinajstić information content (AvgIpc) is 1.89. The minimum atomic E-state index is 1.10. The molecule has 0 radical (unpaired) electrons. The Bertz CT molecular complexity index is 127. The van der Waals surface area contributed by atoms with Crippen molar-refractivity contribution in [2.75, 3.05) is 0 Å². The van der Waals surface area contributed by atoms with E-state index in [0.717, 1.165) is 6.42 Å². The van der Waals surface area contributed by atoms with Crippen molar-refractivity contribution in [3.63, 3.8) is 0 Å². The van der Waals surface area contributed by atoms with E-state index in [0.29, 0.717) is 0 Å². The molecule has 0 N–H and O–H groups in total. The van der Waals surface area contributed by atoms with Gasteiger partial charge in [-0.3, -0.25) is 0 Å². The molecule has 0 bridgehead atoms. The highest BCUT2D eigenvalue weighted by Gasteiger charge is 1.71. The summed E-state index contributed by atoms with van der Waals surface area (Å²) in [6.45, 7) is 7.79. The molecular weight excluding hydrogens is 108 g/mol. The summed E-state index contributed by atoms with van der Waals surface area (Å²) in [5.41, 5.74) is 1.21. The van der Waals surface area contributed by atoms with Crippen LogP contribution in [0.5, 0.6) is 0 Å². The molecule has 0 aliphatic heterocycles. The maximum Gasteiger partial charge on any atom is -0.0376 e. The first-order valence-corrected chi connectivity index (χ1v) is 3.27. The Morgan fingerprint density at radius 2 is 2.22 bits per heavy atom. The van der Waals surface area contributed by atoms with Gasteiger partial charge in [0.2, 0.25) is 0 Å². The number of rotatable bonds is 3. The van der Waals surface area contributed by atoms with E-state index in [4.69, 9.17) is 0 Å². The second-order valence-corrected chi connectivity index (χ2v) is 1.95. The lowest BCUT2D eigenvalue weighted by Crippen LogP contribution is -1.61. The van der Waals surface area contributed by atoms with Crippen molar-refractivity contribution in [2.45, 2.75) is 20.3 Å². The van der Waals surface area contributed by atoms with Crippen molar-refractivity contribution >= 4 is 0 Å². The van der Waals surface area contributed by atoms with Gasteiger partial charge in [0.1, 0.15) is 0 Å². The Balaban J connectivity index is 3.68. The molecule has 0 aliphatic carbocycles. The summed E-state index contributed by atoms with van der Waals surface area (Å²) >= 11 is 0. The molecule has 0 aromatic rings. The third-order valence-corrected chi connectivity index (χ3v) is 1.05. The van der Waals surface area contributed by atoms with Crippen molar-refractivity contribution < 1.29 is 0 Å². The van der Waals surface area contributed by atoms with Crippen molar-refractivity contribution in [2.24, 2.45) is 0 Å². The number of allylic oxidation sites excluding steroid dienone is 5. The summed E-state index contributed by atoms with van der Waals surface area (Å²) in [6.07, 6.45) is 9.17. The molecule has 0 nitrogen and oxygen atoms in total. The quantitative estimate of drug-likeness (QED) is 0.504. The zero-order valence-corrected chi connectivity index (χ0v) is 6.22. The lowest BCUT2D eigenvalue weighted by atomic mass is 10.2. The van der Waals surface area contributed by atoms with Crippen LogP contribution in [0.4, 0.5) is 0 Å². The highest BCUT2D eigenvalue weighted by Crippen LogP contribution is 1.92. The van der Waals surface area contributed by atoms with Crippen molar-refractivity contribution in [1.29, 1.82) is 0 Å². The number of hydrogen-bond acceptors (Lipinski definition) is 0. The second kappa shape index (κ2) is 5.36. The van der Waals surface area contributed by atoms with Crippen molar-refractivity contribution in [3.05, 3.63) is 36.5 Å². The van der Waals surface area contributed by atoms with Gasteiger partial charge in [-0.15, -0.1) is 0 Å². The van der Waals surface area contributed by atoms with Crippen LogP contribution in [0.1, 0.15) is 20.3 Å². The fraction of sp³-hybridized carbons (Fsp3) is 0.333. The van der Waals surface area contributed by atoms with Gasteiger partial charge in [-0.2, -0.15) is 0 Å². The smallest absolute Gasteiger partial charge is 0.0376 e. The molecule has 50 valence electrons. The van der Waals surface area contributed by atoms with E-state index >= 15 is 0 Å². The molecule has 0 amide bonds. The summed E-state index contributed by atoms with van der Waals surface area (Å²) in [5.74, 6) is 0. The molecule has 0 aliphatic rings. The fourth-order valence-electron chi connectivity index (χ4n) is 0.424. The largest absolute Gasteiger partial charge is 0.0988 e. The van der Waals surface area contributed by atoms with Crippen LogP contribution < -0.4 is 0 Å². The lowest BCUT2D eigenvalue weighted by Gasteiger charge is -1.82. The SMILES string of the molecule is C=C/C(C)=C\C=C\CC. The molecular formula is C9H14. The molecule has 0 fully saturated rings. The van der Waals surface area contributed by atoms with Gasteiger partial charge in [0, 0.05) is 0 Å². The minimum absolute atomic E-state index is 1.10. The van der Waals surface area contributed by atoms with Crippen LogP contribution in [0.2, 0.25) is 0 Å². The summed E-state index contributed by atoms with van der Waals surface area (Å²) in [5, 5.41) is 0. The van der Waals surface area contributed by atoms with E-state index in [1.807, 2.05) is 13.0 Å². The predicted molar refractivity (Wildman–Crippen MR) is 43.4 cm³/mol. The van der Waals surface area contributed by atoms with Gasteiger partial charge in [0.25, 0.3) is 0 Å². The molecule has 0 saturated heterocycles. The normalized spacial score (nSPS) is 12.4. The zero-order chi connectivity index (χ0) is 7.11. The van der Waals surface area contributed by atoms with E-state index in [1.165, 1.54) is 5.57 Å². The second-order valence-electron chi connectivity index (χ2n) is 1.95. The Hall–Kier alpha value is -0.780. The first-order valence-electron chi connectivity index (χ1n) is 3.27. The highest BCUT2D eigenvalue weighted by atomic mass is 13.8. The van der Waals surface area contributed by atoms with E-state index < -0.39 is 0 Å². The van der Waals surface area contributed by atoms with Gasteiger partial charge < -0.3 is 0 Å². The van der Waals surface area contributed by atoms with E-state index in [1.54, 1.807) is 0 Å². The Morgan fingerprint density at radius 3 is 2.67 bits per heavy atom. The lowest BCUT2D eigenvalue weighted by molar-refractivity contribution is 1.22. The molecule has 9 heavy (non-hydrogen) atoms. The molecule has 0 aromatic heterocycles.